The zero-order valence-corrected chi connectivity index (χ0v) is 13.6. The smallest absolute Gasteiger partial charge is 0.291 e. The summed E-state index contributed by atoms with van der Waals surface area (Å²) in [5.41, 5.74) is 4.39. The van der Waals surface area contributed by atoms with Crippen molar-refractivity contribution in [2.75, 3.05) is 5.32 Å². The summed E-state index contributed by atoms with van der Waals surface area (Å²) < 4.78 is 1.67. The highest BCUT2D eigenvalue weighted by molar-refractivity contribution is 6.02. The number of anilines is 1. The Morgan fingerprint density at radius 2 is 2.04 bits per heavy atom. The van der Waals surface area contributed by atoms with Crippen molar-refractivity contribution >= 4 is 17.5 Å². The van der Waals surface area contributed by atoms with Gasteiger partial charge < -0.3 is 15.2 Å². The zero-order chi connectivity index (χ0) is 17.4. The van der Waals surface area contributed by atoms with Gasteiger partial charge in [-0.15, -0.1) is 0 Å². The van der Waals surface area contributed by atoms with E-state index in [1.54, 1.807) is 24.0 Å². The Kier molecular flexibility index (Phi) is 3.57. The number of nitrogens with zero attached hydrogens (tertiary/aromatic N) is 2. The summed E-state index contributed by atoms with van der Waals surface area (Å²) >= 11 is 0. The molecule has 0 atom stereocenters. The van der Waals surface area contributed by atoms with E-state index in [0.717, 1.165) is 22.3 Å². The molecule has 25 heavy (non-hydrogen) atoms. The monoisotopic (exact) mass is 332 g/mol. The molecule has 0 unspecified atom stereocenters. The maximum atomic E-state index is 12.3. The first-order valence-corrected chi connectivity index (χ1v) is 7.92. The number of nitrogens with one attached hydrogen (secondary N) is 2. The SMILES string of the molecule is Cn1ccnc1C(=O)Nc1cccc(-c2ccc3c(c2)CNC3=O)c1. The molecular formula is C19H16N4O2. The Labute approximate surface area is 144 Å². The molecular weight excluding hydrogens is 316 g/mol. The van der Waals surface area contributed by atoms with Crippen LogP contribution in [0.3, 0.4) is 0 Å². The zero-order valence-electron chi connectivity index (χ0n) is 13.6. The van der Waals surface area contributed by atoms with Gasteiger partial charge in [0.15, 0.2) is 5.82 Å². The highest BCUT2D eigenvalue weighted by atomic mass is 16.2. The molecule has 3 aromatic rings. The average Bonchev–Trinajstić information content (AvgIpc) is 3.21. The molecule has 0 saturated carbocycles. The number of benzene rings is 2. The molecule has 124 valence electrons. The van der Waals surface area contributed by atoms with Gasteiger partial charge in [0.05, 0.1) is 0 Å². The number of hydrogen-bond donors (Lipinski definition) is 2. The Hall–Kier alpha value is -3.41. The van der Waals surface area contributed by atoms with Crippen LogP contribution in [0.1, 0.15) is 26.5 Å². The second-order valence-electron chi connectivity index (χ2n) is 5.95. The van der Waals surface area contributed by atoms with Crippen LogP contribution in [-0.2, 0) is 13.6 Å². The van der Waals surface area contributed by atoms with Crippen LogP contribution in [0.4, 0.5) is 5.69 Å². The fraction of sp³-hybridized carbons (Fsp3) is 0.105. The van der Waals surface area contributed by atoms with Crippen molar-refractivity contribution in [1.82, 2.24) is 14.9 Å². The Morgan fingerprint density at radius 1 is 1.20 bits per heavy atom. The lowest BCUT2D eigenvalue weighted by atomic mass is 10.00. The summed E-state index contributed by atoms with van der Waals surface area (Å²) in [5, 5.41) is 5.68. The van der Waals surface area contributed by atoms with E-state index in [1.165, 1.54) is 0 Å². The molecule has 1 aliphatic rings. The summed E-state index contributed by atoms with van der Waals surface area (Å²) in [6, 6.07) is 13.4. The van der Waals surface area contributed by atoms with Gasteiger partial charge in [0, 0.05) is 37.2 Å². The summed E-state index contributed by atoms with van der Waals surface area (Å²) in [6.07, 6.45) is 3.32. The first kappa shape index (κ1) is 15.1. The lowest BCUT2D eigenvalue weighted by molar-refractivity contribution is 0.0964. The van der Waals surface area contributed by atoms with Crippen molar-refractivity contribution in [3.63, 3.8) is 0 Å². The third kappa shape index (κ3) is 2.78. The first-order valence-electron chi connectivity index (χ1n) is 7.92. The van der Waals surface area contributed by atoms with Crippen LogP contribution < -0.4 is 10.6 Å². The third-order valence-electron chi connectivity index (χ3n) is 4.27. The van der Waals surface area contributed by atoms with Crippen LogP contribution in [0.15, 0.2) is 54.9 Å². The van der Waals surface area contributed by atoms with Gasteiger partial charge in [-0.1, -0.05) is 18.2 Å². The maximum Gasteiger partial charge on any atom is 0.291 e. The first-order chi connectivity index (χ1) is 12.1. The molecule has 0 bridgehead atoms. The Balaban J connectivity index is 1.61. The standard InChI is InChI=1S/C19H16N4O2/c1-23-8-7-20-17(23)19(25)22-15-4-2-3-12(10-15)13-5-6-16-14(9-13)11-21-18(16)24/h2-10H,11H2,1H3,(H,21,24)(H,22,25). The second-order valence-corrected chi connectivity index (χ2v) is 5.95. The fourth-order valence-corrected chi connectivity index (χ4v) is 2.96. The number of fused-ring (bicyclic) bond motifs is 1. The van der Waals surface area contributed by atoms with Gasteiger partial charge in [0.1, 0.15) is 0 Å². The van der Waals surface area contributed by atoms with Crippen LogP contribution in [0.5, 0.6) is 0 Å². The van der Waals surface area contributed by atoms with E-state index in [4.69, 9.17) is 0 Å². The van der Waals surface area contributed by atoms with E-state index in [9.17, 15) is 9.59 Å². The van der Waals surface area contributed by atoms with Gasteiger partial charge in [-0.25, -0.2) is 4.98 Å². The van der Waals surface area contributed by atoms with Crippen LogP contribution in [0.2, 0.25) is 0 Å². The molecule has 0 spiro atoms. The van der Waals surface area contributed by atoms with E-state index in [2.05, 4.69) is 15.6 Å². The maximum absolute atomic E-state index is 12.3. The molecule has 2 heterocycles. The largest absolute Gasteiger partial charge is 0.348 e. The molecule has 0 fully saturated rings. The van der Waals surface area contributed by atoms with Crippen LogP contribution in [0, 0.1) is 0 Å². The summed E-state index contributed by atoms with van der Waals surface area (Å²) in [4.78, 5) is 28.0. The van der Waals surface area contributed by atoms with E-state index < -0.39 is 0 Å². The van der Waals surface area contributed by atoms with Gasteiger partial charge in [-0.05, 0) is 41.0 Å². The van der Waals surface area contributed by atoms with Crippen molar-refractivity contribution < 1.29 is 9.59 Å². The van der Waals surface area contributed by atoms with Crippen molar-refractivity contribution in [1.29, 1.82) is 0 Å². The topological polar surface area (TPSA) is 76.0 Å². The summed E-state index contributed by atoms with van der Waals surface area (Å²) in [7, 11) is 1.78. The minimum absolute atomic E-state index is 0.0300. The van der Waals surface area contributed by atoms with Gasteiger partial charge in [-0.3, -0.25) is 9.59 Å². The van der Waals surface area contributed by atoms with Crippen molar-refractivity contribution in [2.45, 2.75) is 6.54 Å². The molecule has 1 aromatic heterocycles. The highest BCUT2D eigenvalue weighted by Gasteiger charge is 2.19. The van der Waals surface area contributed by atoms with Crippen molar-refractivity contribution in [3.05, 3.63) is 71.8 Å². The molecule has 2 amide bonds. The second kappa shape index (κ2) is 5.90. The number of imidazole rings is 1. The Morgan fingerprint density at radius 3 is 2.84 bits per heavy atom. The number of carbonyl (C=O) groups excluding carboxylic acids is 2. The number of hydrogen-bond acceptors (Lipinski definition) is 3. The minimum Gasteiger partial charge on any atom is -0.348 e. The van der Waals surface area contributed by atoms with Gasteiger partial charge in [0.2, 0.25) is 0 Å². The molecule has 4 rings (SSSR count). The Bertz CT molecular complexity index is 991. The predicted molar refractivity (Wildman–Crippen MR) is 94.2 cm³/mol. The average molecular weight is 332 g/mol. The molecule has 2 aromatic carbocycles. The van der Waals surface area contributed by atoms with Gasteiger partial charge >= 0.3 is 0 Å². The lowest BCUT2D eigenvalue weighted by Gasteiger charge is -2.08. The molecule has 1 aliphatic heterocycles. The van der Waals surface area contributed by atoms with E-state index in [-0.39, 0.29) is 11.8 Å². The number of carbonyl (C=O) groups is 2. The predicted octanol–water partition coefficient (Wildman–Crippen LogP) is 2.58. The van der Waals surface area contributed by atoms with Crippen molar-refractivity contribution in [2.24, 2.45) is 7.05 Å². The third-order valence-corrected chi connectivity index (χ3v) is 4.27. The van der Waals surface area contributed by atoms with Gasteiger partial charge in [0.25, 0.3) is 11.8 Å². The molecule has 6 nitrogen and oxygen atoms in total. The molecule has 0 radical (unpaired) electrons. The quantitative estimate of drug-likeness (QED) is 0.774. The van der Waals surface area contributed by atoms with Crippen molar-refractivity contribution in [3.8, 4) is 11.1 Å². The molecule has 0 aliphatic carbocycles. The van der Waals surface area contributed by atoms with Gasteiger partial charge in [-0.2, -0.15) is 0 Å². The molecule has 0 saturated heterocycles. The lowest BCUT2D eigenvalue weighted by Crippen LogP contribution is -2.16. The number of aryl methyl sites for hydroxylation is 1. The van der Waals surface area contributed by atoms with Crippen LogP contribution in [0.25, 0.3) is 11.1 Å². The van der Waals surface area contributed by atoms with E-state index >= 15 is 0 Å². The molecule has 2 N–H and O–H groups in total. The van der Waals surface area contributed by atoms with Crippen LogP contribution >= 0.6 is 0 Å². The van der Waals surface area contributed by atoms with E-state index in [1.807, 2.05) is 42.5 Å². The highest BCUT2D eigenvalue weighted by Crippen LogP contribution is 2.27. The number of aromatic nitrogens is 2. The fourth-order valence-electron chi connectivity index (χ4n) is 2.96. The van der Waals surface area contributed by atoms with Crippen LogP contribution in [-0.4, -0.2) is 21.4 Å². The van der Waals surface area contributed by atoms with E-state index in [0.29, 0.717) is 18.1 Å². The number of rotatable bonds is 3. The molecule has 6 heteroatoms. The summed E-state index contributed by atoms with van der Waals surface area (Å²) in [6.45, 7) is 0.553. The minimum atomic E-state index is -0.256. The number of amides is 2. The summed E-state index contributed by atoms with van der Waals surface area (Å²) in [5.74, 6) is 0.0681. The normalized spacial score (nSPS) is 12.6.